The van der Waals surface area contributed by atoms with Gasteiger partial charge in [-0.1, -0.05) is 28.1 Å². The molecule has 0 fully saturated rings. The molecule has 0 N–H and O–H groups in total. The van der Waals surface area contributed by atoms with E-state index in [1.807, 2.05) is 18.3 Å². The Morgan fingerprint density at radius 3 is 2.87 bits per heavy atom. The van der Waals surface area contributed by atoms with Gasteiger partial charge in [0.2, 0.25) is 0 Å². The fraction of sp³-hybridized carbons (Fsp3) is 0.182. The maximum absolute atomic E-state index is 13.4. The second-order valence-electron chi connectivity index (χ2n) is 3.26. The summed E-state index contributed by atoms with van der Waals surface area (Å²) in [6.07, 6.45) is 3.57. The van der Waals surface area contributed by atoms with E-state index in [1.165, 1.54) is 0 Å². The van der Waals surface area contributed by atoms with Crippen LogP contribution in [0.4, 0.5) is 4.39 Å². The van der Waals surface area contributed by atoms with Crippen molar-refractivity contribution in [3.05, 3.63) is 53.6 Å². The fourth-order valence-corrected chi connectivity index (χ4v) is 1.83. The van der Waals surface area contributed by atoms with Crippen LogP contribution in [0.25, 0.3) is 0 Å². The molecule has 0 bridgehead atoms. The molecule has 78 valence electrons. The summed E-state index contributed by atoms with van der Waals surface area (Å²) < 4.78 is 15.2. The number of nitrogens with zero attached hydrogens (tertiary/aromatic N) is 2. The predicted octanol–water partition coefficient (Wildman–Crippen LogP) is 2.97. The van der Waals surface area contributed by atoms with Crippen LogP contribution in [0.2, 0.25) is 0 Å². The van der Waals surface area contributed by atoms with Crippen LogP contribution in [0.3, 0.4) is 0 Å². The van der Waals surface area contributed by atoms with Crippen molar-refractivity contribution in [1.82, 2.24) is 9.78 Å². The highest BCUT2D eigenvalue weighted by Crippen LogP contribution is 2.14. The summed E-state index contributed by atoms with van der Waals surface area (Å²) in [5, 5.41) is 4.61. The normalized spacial score (nSPS) is 10.5. The lowest BCUT2D eigenvalue weighted by Gasteiger charge is -2.04. The molecule has 1 aromatic carbocycles. The zero-order valence-electron chi connectivity index (χ0n) is 8.03. The summed E-state index contributed by atoms with van der Waals surface area (Å²) >= 11 is 3.24. The summed E-state index contributed by atoms with van der Waals surface area (Å²) in [5.41, 5.74) is 1.60. The van der Waals surface area contributed by atoms with Crippen LogP contribution >= 0.6 is 15.9 Å². The number of hydrogen-bond acceptors (Lipinski definition) is 1. The van der Waals surface area contributed by atoms with E-state index in [2.05, 4.69) is 21.0 Å². The predicted molar refractivity (Wildman–Crippen MR) is 60.4 cm³/mol. The highest BCUT2D eigenvalue weighted by atomic mass is 79.9. The molecule has 0 aliphatic carbocycles. The molecular formula is C11H10BrFN2. The maximum atomic E-state index is 13.4. The Hall–Kier alpha value is -1.16. The summed E-state index contributed by atoms with van der Waals surface area (Å²) in [6, 6.07) is 7.12. The van der Waals surface area contributed by atoms with Crippen LogP contribution in [0.5, 0.6) is 0 Å². The molecule has 2 aromatic rings. The largest absolute Gasteiger partial charge is 0.268 e. The van der Waals surface area contributed by atoms with Gasteiger partial charge in [-0.25, -0.2) is 4.39 Å². The van der Waals surface area contributed by atoms with Gasteiger partial charge < -0.3 is 0 Å². The molecule has 4 heteroatoms. The summed E-state index contributed by atoms with van der Waals surface area (Å²) in [5.74, 6) is -0.170. The zero-order chi connectivity index (χ0) is 10.7. The molecule has 0 spiro atoms. The monoisotopic (exact) mass is 268 g/mol. The number of rotatable bonds is 3. The molecule has 0 amide bonds. The van der Waals surface area contributed by atoms with Crippen molar-refractivity contribution in [2.45, 2.75) is 11.9 Å². The van der Waals surface area contributed by atoms with Gasteiger partial charge in [0.1, 0.15) is 5.82 Å². The van der Waals surface area contributed by atoms with Crippen LogP contribution in [-0.4, -0.2) is 9.78 Å². The van der Waals surface area contributed by atoms with Crippen molar-refractivity contribution >= 4 is 15.9 Å². The van der Waals surface area contributed by atoms with Gasteiger partial charge in [-0.3, -0.25) is 4.68 Å². The van der Waals surface area contributed by atoms with Crippen molar-refractivity contribution in [3.8, 4) is 0 Å². The molecule has 1 heterocycles. The van der Waals surface area contributed by atoms with E-state index in [0.29, 0.717) is 17.4 Å². The number of alkyl halides is 1. The SMILES string of the molecule is Fc1cc(Cn2cccn2)ccc1CBr. The highest BCUT2D eigenvalue weighted by molar-refractivity contribution is 9.08. The average Bonchev–Trinajstić information content (AvgIpc) is 2.71. The Bertz CT molecular complexity index is 440. The summed E-state index contributed by atoms with van der Waals surface area (Å²) in [6.45, 7) is 0.604. The Balaban J connectivity index is 2.20. The number of aromatic nitrogens is 2. The molecule has 15 heavy (non-hydrogen) atoms. The molecule has 0 saturated carbocycles. The molecule has 1 aromatic heterocycles. The quantitative estimate of drug-likeness (QED) is 0.783. The van der Waals surface area contributed by atoms with E-state index < -0.39 is 0 Å². The number of halogens is 2. The van der Waals surface area contributed by atoms with Gasteiger partial charge in [0.05, 0.1) is 6.54 Å². The van der Waals surface area contributed by atoms with Crippen LogP contribution in [-0.2, 0) is 11.9 Å². The van der Waals surface area contributed by atoms with Gasteiger partial charge >= 0.3 is 0 Å². The third-order valence-electron chi connectivity index (χ3n) is 2.17. The second-order valence-corrected chi connectivity index (χ2v) is 3.82. The topological polar surface area (TPSA) is 17.8 Å². The van der Waals surface area contributed by atoms with Crippen LogP contribution < -0.4 is 0 Å². The van der Waals surface area contributed by atoms with Crippen LogP contribution in [0.1, 0.15) is 11.1 Å². The smallest absolute Gasteiger partial charge is 0.127 e. The Kier molecular flexibility index (Phi) is 3.16. The molecule has 2 rings (SSSR count). The molecule has 0 saturated heterocycles. The molecular weight excluding hydrogens is 259 g/mol. The zero-order valence-corrected chi connectivity index (χ0v) is 9.61. The molecule has 0 aliphatic rings. The molecule has 0 aliphatic heterocycles. The lowest BCUT2D eigenvalue weighted by Crippen LogP contribution is -2.00. The third kappa shape index (κ3) is 2.45. The van der Waals surface area contributed by atoms with Crippen molar-refractivity contribution < 1.29 is 4.39 Å². The van der Waals surface area contributed by atoms with Crippen LogP contribution in [0.15, 0.2) is 36.7 Å². The minimum absolute atomic E-state index is 0.170. The first-order chi connectivity index (χ1) is 7.29. The Morgan fingerprint density at radius 2 is 2.27 bits per heavy atom. The van der Waals surface area contributed by atoms with E-state index in [-0.39, 0.29) is 5.82 Å². The highest BCUT2D eigenvalue weighted by Gasteiger charge is 2.02. The Labute approximate surface area is 95.9 Å². The Morgan fingerprint density at radius 1 is 1.40 bits per heavy atom. The standard InChI is InChI=1S/C11H10BrFN2/c12-7-10-3-2-9(6-11(10)13)8-15-5-1-4-14-15/h1-6H,7-8H2. The molecule has 0 unspecified atom stereocenters. The number of hydrogen-bond donors (Lipinski definition) is 0. The first-order valence-electron chi connectivity index (χ1n) is 4.60. The van der Waals surface area contributed by atoms with Crippen molar-refractivity contribution in [1.29, 1.82) is 0 Å². The van der Waals surface area contributed by atoms with Crippen molar-refractivity contribution in [3.63, 3.8) is 0 Å². The van der Waals surface area contributed by atoms with Gasteiger partial charge in [-0.15, -0.1) is 0 Å². The van der Waals surface area contributed by atoms with E-state index in [4.69, 9.17) is 0 Å². The average molecular weight is 269 g/mol. The maximum Gasteiger partial charge on any atom is 0.127 e. The van der Waals surface area contributed by atoms with E-state index >= 15 is 0 Å². The molecule has 0 atom stereocenters. The van der Waals surface area contributed by atoms with Gasteiger partial charge in [0.25, 0.3) is 0 Å². The second kappa shape index (κ2) is 4.57. The van der Waals surface area contributed by atoms with Gasteiger partial charge in [-0.2, -0.15) is 5.10 Å². The van der Waals surface area contributed by atoms with Gasteiger partial charge in [0.15, 0.2) is 0 Å². The molecule has 2 nitrogen and oxygen atoms in total. The van der Waals surface area contributed by atoms with E-state index in [0.717, 1.165) is 5.56 Å². The lowest BCUT2D eigenvalue weighted by atomic mass is 10.1. The first-order valence-corrected chi connectivity index (χ1v) is 5.72. The lowest BCUT2D eigenvalue weighted by molar-refractivity contribution is 0.610. The number of benzene rings is 1. The van der Waals surface area contributed by atoms with Gasteiger partial charge in [-0.05, 0) is 23.3 Å². The minimum Gasteiger partial charge on any atom is -0.268 e. The fourth-order valence-electron chi connectivity index (χ4n) is 1.38. The van der Waals surface area contributed by atoms with Crippen molar-refractivity contribution in [2.24, 2.45) is 0 Å². The van der Waals surface area contributed by atoms with E-state index in [9.17, 15) is 4.39 Å². The summed E-state index contributed by atoms with van der Waals surface area (Å²) in [7, 11) is 0. The first kappa shape index (κ1) is 10.4. The minimum atomic E-state index is -0.170. The van der Waals surface area contributed by atoms with Gasteiger partial charge in [0, 0.05) is 17.7 Å². The summed E-state index contributed by atoms with van der Waals surface area (Å²) in [4.78, 5) is 0. The van der Waals surface area contributed by atoms with Crippen molar-refractivity contribution in [2.75, 3.05) is 0 Å². The van der Waals surface area contributed by atoms with Crippen LogP contribution in [0, 0.1) is 5.82 Å². The van der Waals surface area contributed by atoms with E-state index in [1.54, 1.807) is 23.0 Å². The third-order valence-corrected chi connectivity index (χ3v) is 2.77. The molecule has 0 radical (unpaired) electrons.